The number of ketones is 1. The Morgan fingerprint density at radius 3 is 2.63 bits per heavy atom. The molecule has 0 aliphatic heterocycles. The van der Waals surface area contributed by atoms with E-state index in [-0.39, 0.29) is 28.8 Å². The number of carbonyl (C=O) groups is 1. The molecule has 27 heavy (non-hydrogen) atoms. The van der Waals surface area contributed by atoms with Crippen LogP contribution in [0.25, 0.3) is 22.4 Å². The van der Waals surface area contributed by atoms with Gasteiger partial charge in [0.2, 0.25) is 17.3 Å². The minimum absolute atomic E-state index is 0.0296. The fraction of sp³-hybridized carbons (Fsp3) is 0.0476. The maximum atomic E-state index is 13.1. The number of nitrogens with two attached hydrogens (primary N) is 1. The Morgan fingerprint density at radius 2 is 1.89 bits per heavy atom. The summed E-state index contributed by atoms with van der Waals surface area (Å²) >= 11 is 0. The normalized spacial score (nSPS) is 10.9. The molecule has 2 heterocycles. The lowest BCUT2D eigenvalue weighted by Crippen LogP contribution is -2.03. The van der Waals surface area contributed by atoms with E-state index in [0.29, 0.717) is 22.4 Å². The van der Waals surface area contributed by atoms with Gasteiger partial charge in [0.15, 0.2) is 0 Å². The van der Waals surface area contributed by atoms with E-state index in [1.165, 1.54) is 19.2 Å². The number of nitrogen functional groups attached to an aromatic ring is 1. The second-order valence-corrected chi connectivity index (χ2v) is 5.96. The molecule has 4 aromatic rings. The van der Waals surface area contributed by atoms with Gasteiger partial charge in [-0.2, -0.15) is 0 Å². The van der Waals surface area contributed by atoms with Crippen LogP contribution in [0.15, 0.2) is 65.1 Å². The van der Waals surface area contributed by atoms with Crippen LogP contribution in [-0.2, 0) is 0 Å². The lowest BCUT2D eigenvalue weighted by Gasteiger charge is -2.02. The fourth-order valence-electron chi connectivity index (χ4n) is 2.84. The first-order valence-electron chi connectivity index (χ1n) is 8.20. The maximum absolute atomic E-state index is 13.1. The zero-order valence-corrected chi connectivity index (χ0v) is 14.4. The molecule has 0 saturated carbocycles. The average Bonchev–Trinajstić information content (AvgIpc) is 3.04. The first-order valence-corrected chi connectivity index (χ1v) is 8.20. The molecule has 2 aromatic carbocycles. The summed E-state index contributed by atoms with van der Waals surface area (Å²) in [5.41, 5.74) is 8.33. The number of furan rings is 1. The monoisotopic (exact) mass is 362 g/mol. The van der Waals surface area contributed by atoms with Gasteiger partial charge in [-0.05, 0) is 48.5 Å². The van der Waals surface area contributed by atoms with Crippen LogP contribution in [0.4, 0.5) is 10.1 Å². The maximum Gasteiger partial charge on any atom is 0.230 e. The number of aromatic nitrogens is 1. The molecular weight excluding hydrogens is 347 g/mol. The largest absolute Gasteiger partial charge is 0.497 e. The summed E-state index contributed by atoms with van der Waals surface area (Å²) in [6.07, 6.45) is 0. The first kappa shape index (κ1) is 16.8. The van der Waals surface area contributed by atoms with Gasteiger partial charge in [-0.1, -0.05) is 12.1 Å². The molecule has 0 unspecified atom stereocenters. The van der Waals surface area contributed by atoms with E-state index in [0.717, 1.165) is 5.56 Å². The summed E-state index contributed by atoms with van der Waals surface area (Å²) < 4.78 is 23.9. The Balaban J connectivity index is 1.77. The minimum atomic E-state index is -0.354. The summed E-state index contributed by atoms with van der Waals surface area (Å²) in [4.78, 5) is 17.2. The number of hydrogen-bond donors (Lipinski definition) is 1. The van der Waals surface area contributed by atoms with Crippen LogP contribution in [0.3, 0.4) is 0 Å². The van der Waals surface area contributed by atoms with Crippen molar-refractivity contribution in [2.75, 3.05) is 12.8 Å². The van der Waals surface area contributed by atoms with Gasteiger partial charge < -0.3 is 14.9 Å². The van der Waals surface area contributed by atoms with Gasteiger partial charge in [0, 0.05) is 11.1 Å². The molecule has 4 rings (SSSR count). The SMILES string of the molecule is COc1cccc(C(=O)c2oc3nc(-c4ccc(F)cc4)ccc3c2N)c1. The number of fused-ring (bicyclic) bond motifs is 1. The third-order valence-corrected chi connectivity index (χ3v) is 4.27. The Labute approximate surface area is 154 Å². The Bertz CT molecular complexity index is 1150. The molecule has 5 nitrogen and oxygen atoms in total. The molecule has 0 radical (unpaired) electrons. The van der Waals surface area contributed by atoms with E-state index < -0.39 is 0 Å². The highest BCUT2D eigenvalue weighted by atomic mass is 19.1. The zero-order chi connectivity index (χ0) is 19.0. The topological polar surface area (TPSA) is 78.3 Å². The lowest BCUT2D eigenvalue weighted by atomic mass is 10.1. The highest BCUT2D eigenvalue weighted by molar-refractivity contribution is 6.14. The third kappa shape index (κ3) is 3.01. The van der Waals surface area contributed by atoms with Gasteiger partial charge in [0.05, 0.1) is 23.9 Å². The molecule has 0 amide bonds. The van der Waals surface area contributed by atoms with Crippen molar-refractivity contribution in [1.29, 1.82) is 0 Å². The predicted molar refractivity (Wildman–Crippen MR) is 100 cm³/mol. The Hall–Kier alpha value is -3.67. The van der Waals surface area contributed by atoms with Crippen molar-refractivity contribution in [2.45, 2.75) is 0 Å². The van der Waals surface area contributed by atoms with Crippen molar-refractivity contribution in [1.82, 2.24) is 4.98 Å². The second kappa shape index (κ2) is 6.57. The van der Waals surface area contributed by atoms with Crippen molar-refractivity contribution < 1.29 is 18.3 Å². The van der Waals surface area contributed by atoms with Gasteiger partial charge in [0.25, 0.3) is 0 Å². The molecule has 0 aliphatic carbocycles. The van der Waals surface area contributed by atoms with E-state index in [4.69, 9.17) is 14.9 Å². The molecule has 0 atom stereocenters. The number of nitrogens with zero attached hydrogens (tertiary/aromatic N) is 1. The van der Waals surface area contributed by atoms with Gasteiger partial charge >= 0.3 is 0 Å². The minimum Gasteiger partial charge on any atom is -0.497 e. The molecule has 2 N–H and O–H groups in total. The van der Waals surface area contributed by atoms with Crippen molar-refractivity contribution in [2.24, 2.45) is 0 Å². The smallest absolute Gasteiger partial charge is 0.230 e. The van der Waals surface area contributed by atoms with Gasteiger partial charge in [0.1, 0.15) is 11.6 Å². The highest BCUT2D eigenvalue weighted by Crippen LogP contribution is 2.31. The first-order chi connectivity index (χ1) is 13.1. The van der Waals surface area contributed by atoms with Crippen LogP contribution in [0.5, 0.6) is 5.75 Å². The average molecular weight is 362 g/mol. The summed E-state index contributed by atoms with van der Waals surface area (Å²) in [6.45, 7) is 0. The standard InChI is InChI=1S/C21H15FN2O3/c1-26-15-4-2-3-13(11-15)19(25)20-18(23)16-9-10-17(24-21(16)27-20)12-5-7-14(22)8-6-12/h2-11H,23H2,1H3. The Morgan fingerprint density at radius 1 is 1.11 bits per heavy atom. The molecule has 134 valence electrons. The number of methoxy groups -OCH3 is 1. The third-order valence-electron chi connectivity index (χ3n) is 4.27. The van der Waals surface area contributed by atoms with Crippen LogP contribution in [0, 0.1) is 5.82 Å². The number of anilines is 1. The summed E-state index contributed by atoms with van der Waals surface area (Å²) in [6, 6.07) is 16.2. The zero-order valence-electron chi connectivity index (χ0n) is 14.4. The van der Waals surface area contributed by atoms with E-state index in [1.807, 2.05) is 0 Å². The number of halogens is 1. The molecule has 2 aromatic heterocycles. The van der Waals surface area contributed by atoms with Crippen molar-refractivity contribution in [3.63, 3.8) is 0 Å². The van der Waals surface area contributed by atoms with Crippen molar-refractivity contribution in [3.8, 4) is 17.0 Å². The van der Waals surface area contributed by atoms with Crippen LogP contribution >= 0.6 is 0 Å². The van der Waals surface area contributed by atoms with E-state index in [1.54, 1.807) is 48.5 Å². The van der Waals surface area contributed by atoms with Crippen molar-refractivity contribution in [3.05, 3.63) is 77.8 Å². The van der Waals surface area contributed by atoms with E-state index in [9.17, 15) is 9.18 Å². The summed E-state index contributed by atoms with van der Waals surface area (Å²) in [7, 11) is 1.53. The van der Waals surface area contributed by atoms with Crippen LogP contribution in [0.1, 0.15) is 16.1 Å². The molecule has 0 spiro atoms. The van der Waals surface area contributed by atoms with Gasteiger partial charge in [-0.3, -0.25) is 4.79 Å². The van der Waals surface area contributed by atoms with Gasteiger partial charge in [-0.25, -0.2) is 9.37 Å². The number of rotatable bonds is 4. The van der Waals surface area contributed by atoms with Crippen molar-refractivity contribution >= 4 is 22.6 Å². The highest BCUT2D eigenvalue weighted by Gasteiger charge is 2.21. The van der Waals surface area contributed by atoms with Gasteiger partial charge in [-0.15, -0.1) is 0 Å². The quantitative estimate of drug-likeness (QED) is 0.543. The number of hydrogen-bond acceptors (Lipinski definition) is 5. The number of carbonyl (C=O) groups excluding carboxylic acids is 1. The summed E-state index contributed by atoms with van der Waals surface area (Å²) in [5.74, 6) is -0.0877. The molecule has 0 bridgehead atoms. The van der Waals surface area contributed by atoms with Crippen LogP contribution < -0.4 is 10.5 Å². The Kier molecular flexibility index (Phi) is 4.08. The van der Waals surface area contributed by atoms with E-state index >= 15 is 0 Å². The molecule has 0 aliphatic rings. The van der Waals surface area contributed by atoms with Crippen LogP contribution in [-0.4, -0.2) is 17.9 Å². The molecule has 0 saturated heterocycles. The lowest BCUT2D eigenvalue weighted by molar-refractivity contribution is 0.101. The fourth-order valence-corrected chi connectivity index (χ4v) is 2.84. The molecule has 0 fully saturated rings. The van der Waals surface area contributed by atoms with E-state index in [2.05, 4.69) is 4.98 Å². The molecular formula is C21H15FN2O3. The molecule has 6 heteroatoms. The predicted octanol–water partition coefficient (Wildman–Crippen LogP) is 4.46. The number of ether oxygens (including phenoxy) is 1. The second-order valence-electron chi connectivity index (χ2n) is 5.96. The number of pyridine rings is 1. The van der Waals surface area contributed by atoms with Crippen LogP contribution in [0.2, 0.25) is 0 Å². The number of benzene rings is 2. The summed E-state index contributed by atoms with van der Waals surface area (Å²) in [5, 5.41) is 0.548.